The summed E-state index contributed by atoms with van der Waals surface area (Å²) in [4.78, 5) is 19.1. The highest BCUT2D eigenvalue weighted by atomic mass is 35.5. The Labute approximate surface area is 168 Å². The van der Waals surface area contributed by atoms with Gasteiger partial charge in [-0.2, -0.15) is 0 Å². The molecular formula is C21H22ClN3O3. The molecule has 1 atom stereocenters. The van der Waals surface area contributed by atoms with Crippen molar-refractivity contribution in [3.63, 3.8) is 0 Å². The minimum absolute atomic E-state index is 0.0887. The largest absolute Gasteiger partial charge is 0.492 e. The Balaban J connectivity index is 1.55. The van der Waals surface area contributed by atoms with Crippen molar-refractivity contribution >= 4 is 29.2 Å². The van der Waals surface area contributed by atoms with Crippen molar-refractivity contribution in [2.75, 3.05) is 13.2 Å². The van der Waals surface area contributed by atoms with Crippen LogP contribution in [0.15, 0.2) is 47.5 Å². The molecule has 6 nitrogen and oxygen atoms in total. The summed E-state index contributed by atoms with van der Waals surface area (Å²) >= 11 is 6.62. The molecule has 2 aliphatic heterocycles. The first-order valence-electron chi connectivity index (χ1n) is 9.45. The SMILES string of the molecule is O=C1NC2=Nc3ccc(OCCCCCO)c(Cl)c3CN2C1c1ccccc1. The number of benzene rings is 2. The van der Waals surface area contributed by atoms with Crippen LogP contribution in [0.4, 0.5) is 5.69 Å². The van der Waals surface area contributed by atoms with E-state index in [0.29, 0.717) is 29.9 Å². The molecule has 0 aromatic heterocycles. The van der Waals surface area contributed by atoms with Crippen molar-refractivity contribution < 1.29 is 14.6 Å². The van der Waals surface area contributed by atoms with Crippen LogP contribution in [0, 0.1) is 0 Å². The molecule has 2 aliphatic rings. The van der Waals surface area contributed by atoms with Gasteiger partial charge in [-0.05, 0) is 37.0 Å². The molecule has 0 radical (unpaired) electrons. The van der Waals surface area contributed by atoms with Gasteiger partial charge in [0, 0.05) is 12.2 Å². The number of aliphatic hydroxyl groups is 1. The number of nitrogens with one attached hydrogen (secondary N) is 1. The fraction of sp³-hybridized carbons (Fsp3) is 0.333. The number of halogens is 1. The fourth-order valence-electron chi connectivity index (χ4n) is 3.55. The number of unbranched alkanes of at least 4 members (excludes halogenated alkanes) is 2. The highest BCUT2D eigenvalue weighted by Crippen LogP contribution is 2.41. The Bertz CT molecular complexity index is 901. The van der Waals surface area contributed by atoms with E-state index < -0.39 is 6.04 Å². The predicted octanol–water partition coefficient (Wildman–Crippen LogP) is 3.56. The molecule has 1 amide bonds. The van der Waals surface area contributed by atoms with Crippen LogP contribution < -0.4 is 10.1 Å². The zero-order valence-electron chi connectivity index (χ0n) is 15.4. The van der Waals surface area contributed by atoms with Gasteiger partial charge in [0.05, 0.1) is 23.9 Å². The van der Waals surface area contributed by atoms with Gasteiger partial charge in [-0.1, -0.05) is 41.9 Å². The summed E-state index contributed by atoms with van der Waals surface area (Å²) in [6.07, 6.45) is 2.54. The number of aliphatic hydroxyl groups excluding tert-OH is 1. The summed E-state index contributed by atoms with van der Waals surface area (Å²) in [5, 5.41) is 12.3. The Kier molecular flexibility index (Phi) is 5.50. The topological polar surface area (TPSA) is 74.2 Å². The van der Waals surface area contributed by atoms with Crippen LogP contribution in [0.25, 0.3) is 0 Å². The standard InChI is InChI=1S/C21H22ClN3O3/c22-18-15-13-25-19(14-7-3-1-4-8-14)20(27)24-21(25)23-16(15)9-10-17(18)28-12-6-2-5-11-26/h1,3-4,7-10,19,26H,2,5-6,11-13H2,(H,23,24,27). The summed E-state index contributed by atoms with van der Waals surface area (Å²) in [5.74, 6) is 1.09. The van der Waals surface area contributed by atoms with Crippen LogP contribution in [-0.2, 0) is 11.3 Å². The van der Waals surface area contributed by atoms with Crippen LogP contribution in [0.2, 0.25) is 5.02 Å². The van der Waals surface area contributed by atoms with Crippen LogP contribution in [0.1, 0.15) is 36.4 Å². The molecule has 4 rings (SSSR count). The zero-order chi connectivity index (χ0) is 19.5. The number of guanidine groups is 1. The monoisotopic (exact) mass is 399 g/mol. The average Bonchev–Trinajstić information content (AvgIpc) is 3.03. The van der Waals surface area contributed by atoms with E-state index in [1.165, 1.54) is 0 Å². The number of hydrogen-bond donors (Lipinski definition) is 2. The molecule has 0 bridgehead atoms. The minimum Gasteiger partial charge on any atom is -0.492 e. The van der Waals surface area contributed by atoms with Crippen molar-refractivity contribution in [1.29, 1.82) is 0 Å². The summed E-state index contributed by atoms with van der Waals surface area (Å²) < 4.78 is 5.83. The molecule has 2 aromatic carbocycles. The van der Waals surface area contributed by atoms with Gasteiger partial charge in [0.2, 0.25) is 5.96 Å². The van der Waals surface area contributed by atoms with E-state index in [1.807, 2.05) is 47.4 Å². The lowest BCUT2D eigenvalue weighted by Gasteiger charge is -2.29. The van der Waals surface area contributed by atoms with E-state index in [9.17, 15) is 4.79 Å². The van der Waals surface area contributed by atoms with Crippen molar-refractivity contribution in [1.82, 2.24) is 10.2 Å². The lowest BCUT2D eigenvalue weighted by atomic mass is 10.0. The zero-order valence-corrected chi connectivity index (χ0v) is 16.2. The number of hydrogen-bond acceptors (Lipinski definition) is 5. The van der Waals surface area contributed by atoms with Crippen LogP contribution in [0.5, 0.6) is 5.75 Å². The van der Waals surface area contributed by atoms with Crippen LogP contribution in [-0.4, -0.2) is 35.1 Å². The van der Waals surface area contributed by atoms with Crippen LogP contribution in [0.3, 0.4) is 0 Å². The Morgan fingerprint density at radius 2 is 2.00 bits per heavy atom. The molecule has 0 aliphatic carbocycles. The lowest BCUT2D eigenvalue weighted by Crippen LogP contribution is -2.33. The van der Waals surface area contributed by atoms with E-state index in [1.54, 1.807) is 0 Å². The molecule has 2 aromatic rings. The Hall–Kier alpha value is -2.57. The summed E-state index contributed by atoms with van der Waals surface area (Å²) in [6, 6.07) is 12.9. The Morgan fingerprint density at radius 3 is 2.79 bits per heavy atom. The maximum Gasteiger partial charge on any atom is 0.254 e. The molecule has 7 heteroatoms. The number of ether oxygens (including phenoxy) is 1. The van der Waals surface area contributed by atoms with Crippen molar-refractivity contribution in [2.45, 2.75) is 31.8 Å². The summed E-state index contributed by atoms with van der Waals surface area (Å²) in [6.45, 7) is 1.22. The van der Waals surface area contributed by atoms with Gasteiger partial charge in [-0.25, -0.2) is 4.99 Å². The molecule has 1 saturated heterocycles. The highest BCUT2D eigenvalue weighted by molar-refractivity contribution is 6.33. The third-order valence-corrected chi connectivity index (χ3v) is 5.39. The van der Waals surface area contributed by atoms with Crippen molar-refractivity contribution in [3.8, 4) is 5.75 Å². The van der Waals surface area contributed by atoms with Gasteiger partial charge < -0.3 is 14.7 Å². The van der Waals surface area contributed by atoms with E-state index >= 15 is 0 Å². The third kappa shape index (κ3) is 3.57. The quantitative estimate of drug-likeness (QED) is 0.698. The highest BCUT2D eigenvalue weighted by Gasteiger charge is 2.40. The van der Waals surface area contributed by atoms with Crippen LogP contribution >= 0.6 is 11.6 Å². The lowest BCUT2D eigenvalue weighted by molar-refractivity contribution is -0.121. The number of aliphatic imine (C=N–C) groups is 1. The normalized spacial score (nSPS) is 17.6. The van der Waals surface area contributed by atoms with E-state index in [0.717, 1.165) is 36.1 Å². The minimum atomic E-state index is -0.424. The van der Waals surface area contributed by atoms with Gasteiger partial charge in [0.15, 0.2) is 0 Å². The second-order valence-electron chi connectivity index (χ2n) is 6.87. The first-order chi connectivity index (χ1) is 13.7. The number of nitrogens with zero attached hydrogens (tertiary/aromatic N) is 2. The molecule has 146 valence electrons. The van der Waals surface area contributed by atoms with Crippen molar-refractivity contribution in [2.24, 2.45) is 4.99 Å². The van der Waals surface area contributed by atoms with Crippen molar-refractivity contribution in [3.05, 3.63) is 58.6 Å². The molecular weight excluding hydrogens is 378 g/mol. The average molecular weight is 400 g/mol. The summed E-state index contributed by atoms with van der Waals surface area (Å²) in [7, 11) is 0. The fourth-order valence-corrected chi connectivity index (χ4v) is 3.83. The number of carbonyl (C=O) groups excluding carboxylic acids is 1. The molecule has 2 N–H and O–H groups in total. The molecule has 0 spiro atoms. The second kappa shape index (κ2) is 8.20. The van der Waals surface area contributed by atoms with E-state index in [2.05, 4.69) is 10.3 Å². The third-order valence-electron chi connectivity index (χ3n) is 4.98. The van der Waals surface area contributed by atoms with Gasteiger partial charge >= 0.3 is 0 Å². The van der Waals surface area contributed by atoms with E-state index in [-0.39, 0.29) is 12.5 Å². The maximum atomic E-state index is 12.6. The van der Waals surface area contributed by atoms with Gasteiger partial charge in [-0.15, -0.1) is 0 Å². The number of rotatable bonds is 7. The first kappa shape index (κ1) is 18.8. The predicted molar refractivity (Wildman–Crippen MR) is 108 cm³/mol. The second-order valence-corrected chi connectivity index (χ2v) is 7.25. The first-order valence-corrected chi connectivity index (χ1v) is 9.83. The molecule has 28 heavy (non-hydrogen) atoms. The molecule has 0 saturated carbocycles. The Morgan fingerprint density at radius 1 is 1.18 bits per heavy atom. The van der Waals surface area contributed by atoms with Gasteiger partial charge in [0.25, 0.3) is 5.91 Å². The van der Waals surface area contributed by atoms with E-state index in [4.69, 9.17) is 21.4 Å². The molecule has 1 fully saturated rings. The number of fused-ring (bicyclic) bond motifs is 2. The number of carbonyl (C=O) groups is 1. The summed E-state index contributed by atoms with van der Waals surface area (Å²) in [5.41, 5.74) is 2.52. The van der Waals surface area contributed by atoms with Gasteiger partial charge in [-0.3, -0.25) is 10.1 Å². The number of amides is 1. The molecule has 2 heterocycles. The smallest absolute Gasteiger partial charge is 0.254 e. The van der Waals surface area contributed by atoms with Gasteiger partial charge in [0.1, 0.15) is 11.8 Å². The maximum absolute atomic E-state index is 12.6. The molecule has 1 unspecified atom stereocenters.